The predicted octanol–water partition coefficient (Wildman–Crippen LogP) is 4.55. The van der Waals surface area contributed by atoms with Crippen LogP contribution < -0.4 is 20.9 Å². The van der Waals surface area contributed by atoms with E-state index in [4.69, 9.17) is 4.74 Å². The van der Waals surface area contributed by atoms with Gasteiger partial charge in [-0.1, -0.05) is 34.1 Å². The highest BCUT2D eigenvalue weighted by atomic mass is 79.9. The molecule has 1 unspecified atom stereocenters. The molecular formula is C25H24BrN3O4. The molecule has 0 spiro atoms. The number of nitrogens with one attached hydrogen (secondary N) is 3. The van der Waals surface area contributed by atoms with E-state index in [1.54, 1.807) is 55.5 Å². The third-order valence-electron chi connectivity index (χ3n) is 4.83. The molecule has 3 N–H and O–H groups in total. The molecule has 0 aromatic heterocycles. The van der Waals surface area contributed by atoms with Crippen LogP contribution in [0.2, 0.25) is 0 Å². The molecule has 3 rings (SSSR count). The molecule has 3 aromatic carbocycles. The van der Waals surface area contributed by atoms with Gasteiger partial charge in [0.2, 0.25) is 0 Å². The van der Waals surface area contributed by atoms with Gasteiger partial charge in [0.15, 0.2) is 6.10 Å². The van der Waals surface area contributed by atoms with Crippen molar-refractivity contribution in [1.82, 2.24) is 10.9 Å². The van der Waals surface area contributed by atoms with Crippen molar-refractivity contribution >= 4 is 39.3 Å². The summed E-state index contributed by atoms with van der Waals surface area (Å²) in [5.74, 6) is -0.602. The van der Waals surface area contributed by atoms with Crippen LogP contribution in [0.1, 0.15) is 38.8 Å². The van der Waals surface area contributed by atoms with E-state index >= 15 is 0 Å². The van der Waals surface area contributed by atoms with Crippen molar-refractivity contribution < 1.29 is 19.1 Å². The Hall–Kier alpha value is -3.65. The molecule has 3 aromatic rings. The van der Waals surface area contributed by atoms with Gasteiger partial charge in [-0.05, 0) is 80.4 Å². The number of amides is 3. The number of rotatable bonds is 6. The Balaban J connectivity index is 1.53. The number of carbonyl (C=O) groups is 3. The molecule has 0 saturated carbocycles. The SMILES string of the molecule is Cc1cc(Br)cc(C)c1OC(C)C(=O)NNC(=O)c1ccc(NC(=O)c2ccccc2)cc1. The normalized spacial score (nSPS) is 11.3. The van der Waals surface area contributed by atoms with Crippen molar-refractivity contribution in [2.24, 2.45) is 0 Å². The van der Waals surface area contributed by atoms with Gasteiger partial charge >= 0.3 is 0 Å². The number of hydrogen-bond donors (Lipinski definition) is 3. The van der Waals surface area contributed by atoms with Crippen molar-refractivity contribution in [3.05, 3.63) is 93.5 Å². The molecular weight excluding hydrogens is 486 g/mol. The Morgan fingerprint density at radius 3 is 2.00 bits per heavy atom. The van der Waals surface area contributed by atoms with Crippen LogP contribution >= 0.6 is 15.9 Å². The number of hydrazine groups is 1. The molecule has 1 atom stereocenters. The number of halogens is 1. The molecule has 0 heterocycles. The van der Waals surface area contributed by atoms with Gasteiger partial charge < -0.3 is 10.1 Å². The smallest absolute Gasteiger partial charge is 0.279 e. The van der Waals surface area contributed by atoms with Crippen molar-refractivity contribution in [2.75, 3.05) is 5.32 Å². The van der Waals surface area contributed by atoms with Gasteiger partial charge in [0, 0.05) is 21.3 Å². The Morgan fingerprint density at radius 1 is 0.818 bits per heavy atom. The lowest BCUT2D eigenvalue weighted by molar-refractivity contribution is -0.128. The highest BCUT2D eigenvalue weighted by Gasteiger charge is 2.18. The van der Waals surface area contributed by atoms with Crippen molar-refractivity contribution in [1.29, 1.82) is 0 Å². The number of carbonyl (C=O) groups excluding carboxylic acids is 3. The summed E-state index contributed by atoms with van der Waals surface area (Å²) < 4.78 is 6.73. The molecule has 0 aliphatic carbocycles. The average Bonchev–Trinajstić information content (AvgIpc) is 2.80. The van der Waals surface area contributed by atoms with Crippen LogP contribution in [-0.4, -0.2) is 23.8 Å². The Labute approximate surface area is 200 Å². The van der Waals surface area contributed by atoms with Crippen LogP contribution in [0.25, 0.3) is 0 Å². The maximum atomic E-state index is 12.4. The Bertz CT molecular complexity index is 1140. The number of aryl methyl sites for hydroxylation is 2. The van der Waals surface area contributed by atoms with E-state index in [-0.39, 0.29) is 5.91 Å². The average molecular weight is 510 g/mol. The van der Waals surface area contributed by atoms with Gasteiger partial charge in [-0.3, -0.25) is 25.2 Å². The summed E-state index contributed by atoms with van der Waals surface area (Å²) in [6, 6.07) is 19.0. The topological polar surface area (TPSA) is 96.5 Å². The van der Waals surface area contributed by atoms with Crippen LogP contribution in [0.15, 0.2) is 71.2 Å². The summed E-state index contributed by atoms with van der Waals surface area (Å²) >= 11 is 3.43. The summed E-state index contributed by atoms with van der Waals surface area (Å²) in [6.45, 7) is 5.39. The molecule has 7 nitrogen and oxygen atoms in total. The van der Waals surface area contributed by atoms with Gasteiger partial charge in [0.05, 0.1) is 0 Å². The van der Waals surface area contributed by atoms with Crippen molar-refractivity contribution in [2.45, 2.75) is 26.9 Å². The van der Waals surface area contributed by atoms with Crippen LogP contribution in [0.5, 0.6) is 5.75 Å². The number of hydrogen-bond acceptors (Lipinski definition) is 4. The minimum atomic E-state index is -0.820. The highest BCUT2D eigenvalue weighted by molar-refractivity contribution is 9.10. The first kappa shape index (κ1) is 24.0. The van der Waals surface area contributed by atoms with E-state index in [2.05, 4.69) is 32.1 Å². The Morgan fingerprint density at radius 2 is 1.39 bits per heavy atom. The van der Waals surface area contributed by atoms with Crippen LogP contribution in [0.4, 0.5) is 5.69 Å². The number of ether oxygens (including phenoxy) is 1. The first-order valence-electron chi connectivity index (χ1n) is 10.2. The summed E-state index contributed by atoms with van der Waals surface area (Å²) in [7, 11) is 0. The second-order valence-corrected chi connectivity index (χ2v) is 8.39. The molecule has 170 valence electrons. The molecule has 33 heavy (non-hydrogen) atoms. The van der Waals surface area contributed by atoms with E-state index in [0.29, 0.717) is 22.6 Å². The van der Waals surface area contributed by atoms with Crippen LogP contribution in [-0.2, 0) is 4.79 Å². The van der Waals surface area contributed by atoms with E-state index in [1.807, 2.05) is 32.0 Å². The minimum absolute atomic E-state index is 0.245. The van der Waals surface area contributed by atoms with Gasteiger partial charge in [-0.25, -0.2) is 0 Å². The summed E-state index contributed by atoms with van der Waals surface area (Å²) in [5, 5.41) is 2.77. The molecule has 0 fully saturated rings. The first-order valence-corrected chi connectivity index (χ1v) is 11.0. The standard InChI is InChI=1S/C25H24BrN3O4/c1-15-13-20(26)14-16(2)22(15)33-17(3)23(30)28-29-25(32)19-9-11-21(12-10-19)27-24(31)18-7-5-4-6-8-18/h4-14,17H,1-3H3,(H,27,31)(H,28,30)(H,29,32). The fourth-order valence-corrected chi connectivity index (χ4v) is 3.79. The minimum Gasteiger partial charge on any atom is -0.480 e. The molecule has 0 aliphatic rings. The first-order chi connectivity index (χ1) is 15.7. The molecule has 0 saturated heterocycles. The van der Waals surface area contributed by atoms with Gasteiger partial charge in [0.1, 0.15) is 5.75 Å². The summed E-state index contributed by atoms with van der Waals surface area (Å²) in [4.78, 5) is 37.0. The summed E-state index contributed by atoms with van der Waals surface area (Å²) in [6.07, 6.45) is -0.820. The van der Waals surface area contributed by atoms with Gasteiger partial charge in [-0.2, -0.15) is 0 Å². The third kappa shape index (κ3) is 6.43. The fraction of sp³-hybridized carbons (Fsp3) is 0.160. The molecule has 3 amide bonds. The lowest BCUT2D eigenvalue weighted by atomic mass is 10.1. The zero-order valence-corrected chi connectivity index (χ0v) is 20.0. The lowest BCUT2D eigenvalue weighted by Crippen LogP contribution is -2.47. The second kappa shape index (κ2) is 10.8. The molecule has 0 bridgehead atoms. The van der Waals surface area contributed by atoms with Crippen molar-refractivity contribution in [3.8, 4) is 5.75 Å². The number of anilines is 1. The largest absolute Gasteiger partial charge is 0.480 e. The second-order valence-electron chi connectivity index (χ2n) is 7.47. The Kier molecular flexibility index (Phi) is 7.84. The van der Waals surface area contributed by atoms with E-state index in [1.165, 1.54) is 0 Å². The lowest BCUT2D eigenvalue weighted by Gasteiger charge is -2.18. The van der Waals surface area contributed by atoms with Gasteiger partial charge in [-0.15, -0.1) is 0 Å². The zero-order valence-electron chi connectivity index (χ0n) is 18.4. The molecule has 8 heteroatoms. The maximum Gasteiger partial charge on any atom is 0.279 e. The van der Waals surface area contributed by atoms with E-state index in [0.717, 1.165) is 15.6 Å². The van der Waals surface area contributed by atoms with Crippen LogP contribution in [0, 0.1) is 13.8 Å². The van der Waals surface area contributed by atoms with E-state index in [9.17, 15) is 14.4 Å². The van der Waals surface area contributed by atoms with Gasteiger partial charge in [0.25, 0.3) is 17.7 Å². The zero-order chi connectivity index (χ0) is 24.0. The van der Waals surface area contributed by atoms with Crippen LogP contribution in [0.3, 0.4) is 0 Å². The predicted molar refractivity (Wildman–Crippen MR) is 130 cm³/mol. The maximum absolute atomic E-state index is 12.4. The quantitative estimate of drug-likeness (QED) is 0.424. The monoisotopic (exact) mass is 509 g/mol. The number of benzene rings is 3. The molecule has 0 radical (unpaired) electrons. The highest BCUT2D eigenvalue weighted by Crippen LogP contribution is 2.28. The van der Waals surface area contributed by atoms with Crippen molar-refractivity contribution in [3.63, 3.8) is 0 Å². The van der Waals surface area contributed by atoms with E-state index < -0.39 is 17.9 Å². The third-order valence-corrected chi connectivity index (χ3v) is 5.29. The molecule has 0 aliphatic heterocycles. The fourth-order valence-electron chi connectivity index (χ4n) is 3.10. The summed E-state index contributed by atoms with van der Waals surface area (Å²) in [5.41, 5.74) is 7.94.